The first-order valence-electron chi connectivity index (χ1n) is 0. The first-order valence-corrected chi connectivity index (χ1v) is 0. The van der Waals surface area contributed by atoms with Crippen molar-refractivity contribution in [1.29, 1.82) is 0 Å². The van der Waals surface area contributed by atoms with E-state index in [0.29, 0.717) is 0 Å². The Morgan fingerprint density at radius 2 is 0.333 bits per heavy atom. The van der Waals surface area contributed by atoms with Gasteiger partial charge in [0, 0.05) is 0 Å². The standard InChI is InChI=1S/3Ca.3ClH/h;;;3*1H/q3*+2;;;/p-3. The summed E-state index contributed by atoms with van der Waals surface area (Å²) in [7, 11) is 0. The van der Waals surface area contributed by atoms with Gasteiger partial charge in [0.2, 0.25) is 0 Å². The molecular weight excluding hydrogens is 227 g/mol. The Labute approximate surface area is 146 Å². The Balaban J connectivity index is 0. The van der Waals surface area contributed by atoms with Crippen molar-refractivity contribution >= 4 is 113 Å². The molecule has 0 unspecified atom stereocenters. The van der Waals surface area contributed by atoms with E-state index >= 15 is 0 Å². The molecule has 0 aliphatic carbocycles. The third kappa shape index (κ3) is 23.4. The maximum atomic E-state index is 0. The summed E-state index contributed by atoms with van der Waals surface area (Å²) in [5.41, 5.74) is 0. The molecule has 0 N–H and O–H groups in total. The molecule has 0 bridgehead atoms. The molecule has 0 saturated heterocycles. The van der Waals surface area contributed by atoms with Crippen molar-refractivity contribution < 1.29 is 37.2 Å². The normalized spacial score (nSPS) is 0. The smallest absolute Gasteiger partial charge is 1.00 e. The Bertz CT molecular complexity index is 6.00. The first kappa shape index (κ1) is 45.9. The van der Waals surface area contributed by atoms with Gasteiger partial charge in [-0.05, 0) is 0 Å². The summed E-state index contributed by atoms with van der Waals surface area (Å²) in [5.74, 6) is 0. The molecule has 6 heteroatoms. The van der Waals surface area contributed by atoms with Gasteiger partial charge in [0.05, 0.1) is 0 Å². The third-order valence-electron chi connectivity index (χ3n) is 0. The van der Waals surface area contributed by atoms with E-state index in [1.54, 1.807) is 0 Å². The van der Waals surface area contributed by atoms with E-state index in [-0.39, 0.29) is 150 Å². The van der Waals surface area contributed by atoms with Gasteiger partial charge >= 0.3 is 113 Å². The number of halogens is 3. The van der Waals surface area contributed by atoms with Gasteiger partial charge < -0.3 is 37.2 Å². The fourth-order valence-electron chi connectivity index (χ4n) is 0. The zero-order chi connectivity index (χ0) is 0. The minimum Gasteiger partial charge on any atom is -1.00 e. The number of rotatable bonds is 0. The summed E-state index contributed by atoms with van der Waals surface area (Å²) in [6.45, 7) is 0. The van der Waals surface area contributed by atoms with Crippen molar-refractivity contribution in [3.05, 3.63) is 0 Å². The average Bonchev–Trinajstić information content (AvgIpc) is 0. The number of hydrogen-bond donors (Lipinski definition) is 0. The molecule has 0 aromatic carbocycles. The molecule has 0 radical (unpaired) electrons. The van der Waals surface area contributed by atoms with E-state index < -0.39 is 0 Å². The van der Waals surface area contributed by atoms with Gasteiger partial charge in [-0.3, -0.25) is 0 Å². The van der Waals surface area contributed by atoms with Crippen LogP contribution in [0.25, 0.3) is 0 Å². The van der Waals surface area contributed by atoms with Crippen LogP contribution >= 0.6 is 0 Å². The fourth-order valence-corrected chi connectivity index (χ4v) is 0. The van der Waals surface area contributed by atoms with Gasteiger partial charge in [-0.15, -0.1) is 0 Å². The molecular formula is Ca3Cl3+3. The second-order valence-electron chi connectivity index (χ2n) is 0. The molecule has 0 aliphatic heterocycles. The molecule has 6 heavy (non-hydrogen) atoms. The quantitative estimate of drug-likeness (QED) is 0.360. The van der Waals surface area contributed by atoms with Crippen molar-refractivity contribution in [3.8, 4) is 0 Å². The maximum Gasteiger partial charge on any atom is 2.00 e. The molecule has 0 aromatic rings. The SMILES string of the molecule is [Ca+2].[Ca+2].[Ca+2].[Cl-].[Cl-].[Cl-]. The summed E-state index contributed by atoms with van der Waals surface area (Å²) >= 11 is 0. The molecule has 0 heterocycles. The van der Waals surface area contributed by atoms with Crippen LogP contribution in [0.4, 0.5) is 0 Å². The zero-order valence-corrected chi connectivity index (χ0v) is 12.1. The van der Waals surface area contributed by atoms with Crippen LogP contribution in [0.1, 0.15) is 0 Å². The van der Waals surface area contributed by atoms with Crippen molar-refractivity contribution in [3.63, 3.8) is 0 Å². The van der Waals surface area contributed by atoms with E-state index in [9.17, 15) is 0 Å². The summed E-state index contributed by atoms with van der Waals surface area (Å²) < 4.78 is 0. The van der Waals surface area contributed by atoms with Gasteiger partial charge in [-0.1, -0.05) is 0 Å². The van der Waals surface area contributed by atoms with Gasteiger partial charge in [-0.2, -0.15) is 0 Å². The Morgan fingerprint density at radius 3 is 0.333 bits per heavy atom. The van der Waals surface area contributed by atoms with Crippen LogP contribution in [0.15, 0.2) is 0 Å². The summed E-state index contributed by atoms with van der Waals surface area (Å²) in [6, 6.07) is 0. The minimum atomic E-state index is 0. The van der Waals surface area contributed by atoms with Gasteiger partial charge in [0.1, 0.15) is 0 Å². The topological polar surface area (TPSA) is 0 Å². The van der Waals surface area contributed by atoms with E-state index in [2.05, 4.69) is 0 Å². The molecule has 0 nitrogen and oxygen atoms in total. The second kappa shape index (κ2) is 33.4. The largest absolute Gasteiger partial charge is 2.00 e. The van der Waals surface area contributed by atoms with E-state index in [0.717, 1.165) is 0 Å². The van der Waals surface area contributed by atoms with Crippen molar-refractivity contribution in [2.75, 3.05) is 0 Å². The summed E-state index contributed by atoms with van der Waals surface area (Å²) in [5, 5.41) is 0. The summed E-state index contributed by atoms with van der Waals surface area (Å²) in [4.78, 5) is 0. The Kier molecular flexibility index (Phi) is 255. The molecule has 0 aliphatic rings. The van der Waals surface area contributed by atoms with Crippen LogP contribution in [-0.2, 0) is 0 Å². The zero-order valence-electron chi connectivity index (χ0n) is 3.26. The molecule has 0 spiro atoms. The van der Waals surface area contributed by atoms with Crippen molar-refractivity contribution in [2.45, 2.75) is 0 Å². The van der Waals surface area contributed by atoms with Crippen LogP contribution < -0.4 is 37.2 Å². The first-order chi connectivity index (χ1) is 0. The number of hydrogen-bond acceptors (Lipinski definition) is 0. The molecule has 0 aromatic heterocycles. The fraction of sp³-hybridized carbons (Fsp3) is 0. The third-order valence-corrected chi connectivity index (χ3v) is 0. The van der Waals surface area contributed by atoms with Gasteiger partial charge in [0.25, 0.3) is 0 Å². The minimum absolute atomic E-state index is 0. The van der Waals surface area contributed by atoms with E-state index in [1.165, 1.54) is 0 Å². The average molecular weight is 227 g/mol. The Morgan fingerprint density at radius 1 is 0.333 bits per heavy atom. The van der Waals surface area contributed by atoms with E-state index in [1.807, 2.05) is 0 Å². The van der Waals surface area contributed by atoms with Crippen LogP contribution in [0.5, 0.6) is 0 Å². The molecule has 0 fully saturated rings. The molecule has 0 saturated carbocycles. The van der Waals surface area contributed by atoms with Crippen LogP contribution in [0.3, 0.4) is 0 Å². The predicted molar refractivity (Wildman–Crippen MR) is 17.3 cm³/mol. The van der Waals surface area contributed by atoms with Crippen LogP contribution in [0.2, 0.25) is 0 Å². The second-order valence-corrected chi connectivity index (χ2v) is 0. The van der Waals surface area contributed by atoms with Crippen LogP contribution in [0, 0.1) is 0 Å². The van der Waals surface area contributed by atoms with Gasteiger partial charge in [0.15, 0.2) is 0 Å². The van der Waals surface area contributed by atoms with Crippen molar-refractivity contribution in [1.82, 2.24) is 0 Å². The molecule has 0 atom stereocenters. The Hall–Kier alpha value is 4.65. The summed E-state index contributed by atoms with van der Waals surface area (Å²) in [6.07, 6.45) is 0. The van der Waals surface area contributed by atoms with Gasteiger partial charge in [-0.25, -0.2) is 0 Å². The molecule has 24 valence electrons. The van der Waals surface area contributed by atoms with Crippen LogP contribution in [-0.4, -0.2) is 113 Å². The molecule has 0 rings (SSSR count). The predicted octanol–water partition coefficient (Wildman–Crippen LogP) is -10.1. The monoisotopic (exact) mass is 225 g/mol. The maximum absolute atomic E-state index is 0. The molecule has 0 amide bonds. The van der Waals surface area contributed by atoms with E-state index in [4.69, 9.17) is 0 Å². The van der Waals surface area contributed by atoms with Crippen molar-refractivity contribution in [2.24, 2.45) is 0 Å².